The number of nitrogens with two attached hydrogens (primary N) is 6. The third-order valence-electron chi connectivity index (χ3n) is 14.0. The molecule has 0 radical (unpaired) electrons. The molecule has 0 saturated carbocycles. The van der Waals surface area contributed by atoms with E-state index in [4.69, 9.17) is 39.5 Å². The van der Waals surface area contributed by atoms with Crippen molar-refractivity contribution in [3.05, 3.63) is 54.2 Å². The van der Waals surface area contributed by atoms with Crippen LogP contribution in [-0.4, -0.2) is 182 Å². The molecule has 24 N–H and O–H groups in total. The molecule has 3 aromatic rings. The number of nitrogens with zero attached hydrogens (tertiary/aromatic N) is 2. The number of aliphatic carboxylic acids is 2. The molecule has 0 bridgehead atoms. The number of benzene rings is 1. The van der Waals surface area contributed by atoms with E-state index in [1.54, 1.807) is 50.6 Å². The quantitative estimate of drug-likeness (QED) is 0.0155. The Morgan fingerprint density at radius 3 is 1.59 bits per heavy atom. The molecule has 0 saturated heterocycles. The number of para-hydroxylation sites is 1. The van der Waals surface area contributed by atoms with E-state index in [1.807, 2.05) is 0 Å². The van der Waals surface area contributed by atoms with Gasteiger partial charge in [-0.1, -0.05) is 32.0 Å². The van der Waals surface area contributed by atoms with Crippen LogP contribution in [0.15, 0.2) is 48.0 Å². The van der Waals surface area contributed by atoms with Gasteiger partial charge in [-0.15, -0.1) is 0 Å². The number of carbonyl (C=O) groups is 11. The number of hydrogen-bond acceptors (Lipinski definition) is 17. The number of thioether (sulfide) groups is 1. The van der Waals surface area contributed by atoms with Gasteiger partial charge < -0.3 is 97.1 Å². The SMILES string of the molecule is CSCC[C@H](NC(=O)[C@H](Cc1c[nH]c2ccccc12)NC(=O)[C@H](CCC(N)=O)NC(=O)[C@H](CCCCN)NC(=O)[C@H](CC(C)C)NC(=O)[C@H](Cc1cnc[nH]1)NC(=O)[C@@H](N)CCC(=O)O)C(=O)N[C@@H](CCCN=C(N)N)C(=O)N[C@@H](CCCCN)C(=O)O. The average molecular weight is 1260 g/mol. The van der Waals surface area contributed by atoms with Crippen molar-refractivity contribution in [2.45, 2.75) is 171 Å². The number of fused-ring (bicyclic) bond motifs is 1. The lowest BCUT2D eigenvalue weighted by Gasteiger charge is -2.28. The highest BCUT2D eigenvalue weighted by Crippen LogP contribution is 2.20. The third kappa shape index (κ3) is 27.1. The molecule has 32 heteroatoms. The van der Waals surface area contributed by atoms with Gasteiger partial charge in [0.25, 0.3) is 0 Å². The molecular weight excluding hydrogens is 1160 g/mol. The van der Waals surface area contributed by atoms with Gasteiger partial charge >= 0.3 is 11.9 Å². The van der Waals surface area contributed by atoms with Crippen LogP contribution in [0.25, 0.3) is 10.9 Å². The second-order valence-corrected chi connectivity index (χ2v) is 22.6. The number of carboxylic acid groups (broad SMARTS) is 2. The standard InChI is InChI=1S/C56H90N18O13S/c1-31(2)25-42(73-54(85)44(27-33-29-63-30-66-33)72-47(78)35(59)16-19-46(76)77)52(83)68-37(13-6-8-21-57)48(79)69-39(17-18-45(60)75)50(81)74-43(26-32-28-65-36-12-5-4-11-34(32)36)53(84)70-40(20-24-88-3)51(82)67-38(15-10-23-64-56(61)62)49(80)71-41(55(86)87)14-7-9-22-58/h4-5,11-12,28-31,35,37-44,65H,6-10,13-27,57-59H2,1-3H3,(H2,60,75)(H,63,66)(H,67,82)(H,68,83)(H,69,79)(H,70,84)(H,71,80)(H,72,78)(H,73,85)(H,74,81)(H,76,77)(H,86,87)(H4,61,62,64)/t35-,37-,38-,39-,40-,41-,42-,43-,44-/m0/s1. The first-order valence-corrected chi connectivity index (χ1v) is 30.6. The zero-order valence-electron chi connectivity index (χ0n) is 50.1. The summed E-state index contributed by atoms with van der Waals surface area (Å²) >= 11 is 1.35. The maximum atomic E-state index is 14.8. The summed E-state index contributed by atoms with van der Waals surface area (Å²) in [6, 6.07) is -5.33. The number of rotatable bonds is 44. The summed E-state index contributed by atoms with van der Waals surface area (Å²) in [4.78, 5) is 163. The van der Waals surface area contributed by atoms with Crippen LogP contribution in [0.4, 0.5) is 0 Å². The molecule has 0 aliphatic carbocycles. The van der Waals surface area contributed by atoms with Crippen molar-refractivity contribution in [3.8, 4) is 0 Å². The fourth-order valence-electron chi connectivity index (χ4n) is 9.20. The number of hydrogen-bond donors (Lipinski definition) is 18. The zero-order chi connectivity index (χ0) is 65.3. The minimum Gasteiger partial charge on any atom is -0.481 e. The number of carboxylic acids is 2. The second kappa shape index (κ2) is 39.4. The van der Waals surface area contributed by atoms with Crippen LogP contribution in [-0.2, 0) is 65.6 Å². The molecule has 2 heterocycles. The Morgan fingerprint density at radius 1 is 0.580 bits per heavy atom. The van der Waals surface area contributed by atoms with Gasteiger partial charge in [0.15, 0.2) is 5.96 Å². The van der Waals surface area contributed by atoms with E-state index in [0.717, 1.165) is 0 Å². The normalized spacial score (nSPS) is 14.3. The monoisotopic (exact) mass is 1250 g/mol. The lowest BCUT2D eigenvalue weighted by atomic mass is 10.00. The van der Waals surface area contributed by atoms with E-state index in [9.17, 15) is 57.8 Å². The Hall–Kier alpha value is -8.36. The number of nitrogens with one attached hydrogen (secondary N) is 10. The van der Waals surface area contributed by atoms with Crippen molar-refractivity contribution in [3.63, 3.8) is 0 Å². The van der Waals surface area contributed by atoms with Gasteiger partial charge in [-0.2, -0.15) is 11.8 Å². The number of H-pyrrole nitrogens is 2. The molecule has 31 nitrogen and oxygen atoms in total. The van der Waals surface area contributed by atoms with E-state index in [0.29, 0.717) is 53.7 Å². The lowest BCUT2D eigenvalue weighted by Crippen LogP contribution is -2.61. The van der Waals surface area contributed by atoms with Crippen molar-refractivity contribution in [1.82, 2.24) is 57.5 Å². The predicted octanol–water partition coefficient (Wildman–Crippen LogP) is -2.79. The van der Waals surface area contributed by atoms with Crippen molar-refractivity contribution in [1.29, 1.82) is 0 Å². The molecule has 9 amide bonds. The average Bonchev–Trinajstić information content (AvgIpc) is 4.37. The lowest BCUT2D eigenvalue weighted by molar-refractivity contribution is -0.142. The van der Waals surface area contributed by atoms with Crippen LogP contribution in [0.3, 0.4) is 0 Å². The molecule has 0 aliphatic rings. The van der Waals surface area contributed by atoms with Crippen molar-refractivity contribution in [2.75, 3.05) is 31.6 Å². The molecule has 0 unspecified atom stereocenters. The fraction of sp³-hybridized carbons (Fsp3) is 0.589. The summed E-state index contributed by atoms with van der Waals surface area (Å²) in [5.74, 6) is -10.3. The summed E-state index contributed by atoms with van der Waals surface area (Å²) in [5, 5.41) is 40.9. The van der Waals surface area contributed by atoms with Gasteiger partial charge in [0, 0.05) is 61.2 Å². The number of carbonyl (C=O) groups excluding carboxylic acids is 9. The van der Waals surface area contributed by atoms with Gasteiger partial charge in [0.05, 0.1) is 12.4 Å². The highest BCUT2D eigenvalue weighted by atomic mass is 32.2. The van der Waals surface area contributed by atoms with Gasteiger partial charge in [-0.25, -0.2) is 9.78 Å². The number of imidazole rings is 1. The Bertz CT molecular complexity index is 2800. The van der Waals surface area contributed by atoms with Crippen LogP contribution < -0.4 is 76.9 Å². The van der Waals surface area contributed by atoms with Crippen molar-refractivity contribution in [2.24, 2.45) is 45.3 Å². The molecule has 1 aromatic carbocycles. The van der Waals surface area contributed by atoms with E-state index in [-0.39, 0.29) is 89.2 Å². The Labute approximate surface area is 514 Å². The summed E-state index contributed by atoms with van der Waals surface area (Å²) in [5.41, 5.74) is 35.6. The molecule has 88 heavy (non-hydrogen) atoms. The number of aromatic nitrogens is 3. The van der Waals surface area contributed by atoms with E-state index >= 15 is 0 Å². The van der Waals surface area contributed by atoms with Gasteiger partial charge in [-0.05, 0) is 120 Å². The first kappa shape index (κ1) is 73.9. The molecule has 0 aliphatic heterocycles. The van der Waals surface area contributed by atoms with Gasteiger partial charge in [0.2, 0.25) is 53.2 Å². The number of amides is 9. The number of guanidine groups is 1. The largest absolute Gasteiger partial charge is 0.481 e. The Balaban J connectivity index is 2.01. The van der Waals surface area contributed by atoms with Gasteiger partial charge in [0.1, 0.15) is 48.3 Å². The maximum absolute atomic E-state index is 14.8. The maximum Gasteiger partial charge on any atom is 0.326 e. The summed E-state index contributed by atoms with van der Waals surface area (Å²) < 4.78 is 0. The minimum absolute atomic E-state index is 0.00908. The Kier molecular flexibility index (Phi) is 33.1. The number of primary amides is 1. The van der Waals surface area contributed by atoms with Gasteiger partial charge in [-0.3, -0.25) is 52.9 Å². The van der Waals surface area contributed by atoms with E-state index < -0.39 is 139 Å². The number of aromatic amines is 2. The fourth-order valence-corrected chi connectivity index (χ4v) is 9.67. The Morgan fingerprint density at radius 2 is 1.07 bits per heavy atom. The van der Waals surface area contributed by atoms with Crippen LogP contribution >= 0.6 is 11.8 Å². The van der Waals surface area contributed by atoms with Crippen LogP contribution in [0.2, 0.25) is 0 Å². The predicted molar refractivity (Wildman–Crippen MR) is 329 cm³/mol. The summed E-state index contributed by atoms with van der Waals surface area (Å²) in [7, 11) is 0. The molecule has 488 valence electrons. The highest BCUT2D eigenvalue weighted by Gasteiger charge is 2.36. The molecular formula is C56H90N18O13S. The first-order chi connectivity index (χ1) is 41.9. The highest BCUT2D eigenvalue weighted by molar-refractivity contribution is 7.98. The van der Waals surface area contributed by atoms with E-state index in [2.05, 4.69) is 62.5 Å². The summed E-state index contributed by atoms with van der Waals surface area (Å²) in [6.45, 7) is 4.12. The topological polar surface area (TPSA) is 537 Å². The van der Waals surface area contributed by atoms with Crippen molar-refractivity contribution < 1.29 is 63.0 Å². The number of aliphatic imine (C=N–C) groups is 1. The molecule has 3 rings (SSSR count). The minimum atomic E-state index is -1.59. The van der Waals surface area contributed by atoms with E-state index in [1.165, 1.54) is 24.3 Å². The summed E-state index contributed by atoms with van der Waals surface area (Å²) in [6.07, 6.45) is 6.08. The second-order valence-electron chi connectivity index (χ2n) is 21.6. The molecule has 0 fully saturated rings. The molecule has 9 atom stereocenters. The number of unbranched alkanes of at least 4 members (excludes halogenated alkanes) is 2. The smallest absolute Gasteiger partial charge is 0.326 e. The first-order valence-electron chi connectivity index (χ1n) is 29.3. The zero-order valence-corrected chi connectivity index (χ0v) is 50.9. The van der Waals surface area contributed by atoms with Crippen LogP contribution in [0, 0.1) is 5.92 Å². The van der Waals surface area contributed by atoms with Crippen molar-refractivity contribution >= 4 is 93.7 Å². The third-order valence-corrected chi connectivity index (χ3v) is 14.6. The molecule has 2 aromatic heterocycles. The van der Waals surface area contributed by atoms with Crippen LogP contribution in [0.1, 0.15) is 115 Å². The van der Waals surface area contributed by atoms with Crippen LogP contribution in [0.5, 0.6) is 0 Å². The molecule has 0 spiro atoms.